The van der Waals surface area contributed by atoms with Crippen LogP contribution in [0.4, 0.5) is 5.69 Å². The van der Waals surface area contributed by atoms with Crippen molar-refractivity contribution in [3.63, 3.8) is 0 Å². The van der Waals surface area contributed by atoms with Crippen LogP contribution in [0.2, 0.25) is 0 Å². The first-order valence-electron chi connectivity index (χ1n) is 14.9. The third-order valence-electron chi connectivity index (χ3n) is 7.86. The van der Waals surface area contributed by atoms with Crippen molar-refractivity contribution in [2.45, 2.75) is 95.7 Å². The van der Waals surface area contributed by atoms with Gasteiger partial charge in [-0.2, -0.15) is 0 Å². The maximum atomic E-state index is 13.6. The molecule has 4 rings (SSSR count). The molecule has 0 bridgehead atoms. The van der Waals surface area contributed by atoms with Crippen molar-refractivity contribution >= 4 is 17.5 Å². The largest absolute Gasteiger partial charge is 0.493 e. The molecule has 39 heavy (non-hydrogen) atoms. The number of unbranched alkanes of at least 4 members (excludes halogenated alkanes) is 2. The summed E-state index contributed by atoms with van der Waals surface area (Å²) in [5, 5.41) is 17.9. The second-order valence-electron chi connectivity index (χ2n) is 11.0. The molecule has 0 radical (unpaired) electrons. The molecule has 2 fully saturated rings. The molecule has 212 valence electrons. The standard InChI is InChI=1S/C32H45N3O4/c1-2-3-10-18-39-28-21-25(20-27(22-28)35-17-11-16-31(35)37)32(38)34-29(19-24-12-6-4-7-13-24)30(36)23-33-26-14-8-5-9-15-26/h4,6-7,12-13,20-22,26,29-30,33,36H,2-3,5,8-11,14-19,23H2,1H3,(H,34,38)/t29-,30+/m0/s1. The van der Waals surface area contributed by atoms with Gasteiger partial charge < -0.3 is 25.4 Å². The minimum atomic E-state index is -0.746. The quantitative estimate of drug-likeness (QED) is 0.296. The highest BCUT2D eigenvalue weighted by atomic mass is 16.5. The predicted molar refractivity (Wildman–Crippen MR) is 155 cm³/mol. The summed E-state index contributed by atoms with van der Waals surface area (Å²) in [7, 11) is 0. The van der Waals surface area contributed by atoms with E-state index in [0.29, 0.717) is 55.6 Å². The summed E-state index contributed by atoms with van der Waals surface area (Å²) in [6.45, 7) is 3.78. The molecule has 1 aliphatic heterocycles. The molecule has 0 unspecified atom stereocenters. The summed E-state index contributed by atoms with van der Waals surface area (Å²) in [6.07, 6.45) is 10.2. The van der Waals surface area contributed by atoms with Crippen LogP contribution in [0.1, 0.15) is 87.1 Å². The van der Waals surface area contributed by atoms with Crippen LogP contribution < -0.4 is 20.3 Å². The van der Waals surface area contributed by atoms with Crippen molar-refractivity contribution in [2.24, 2.45) is 0 Å². The lowest BCUT2D eigenvalue weighted by Gasteiger charge is -2.28. The highest BCUT2D eigenvalue weighted by molar-refractivity contribution is 5.99. The van der Waals surface area contributed by atoms with Crippen molar-refractivity contribution in [3.05, 3.63) is 59.7 Å². The lowest BCUT2D eigenvalue weighted by atomic mass is 9.95. The molecule has 0 aromatic heterocycles. The highest BCUT2D eigenvalue weighted by Gasteiger charge is 2.26. The number of carbonyl (C=O) groups is 2. The van der Waals surface area contributed by atoms with E-state index in [1.807, 2.05) is 36.4 Å². The summed E-state index contributed by atoms with van der Waals surface area (Å²) in [4.78, 5) is 27.9. The van der Waals surface area contributed by atoms with E-state index >= 15 is 0 Å². The Hall–Kier alpha value is -2.90. The first kappa shape index (κ1) is 29.1. The van der Waals surface area contributed by atoms with E-state index in [2.05, 4.69) is 17.6 Å². The molecule has 2 aromatic carbocycles. The van der Waals surface area contributed by atoms with Crippen LogP contribution in [0.3, 0.4) is 0 Å². The van der Waals surface area contributed by atoms with Crippen LogP contribution in [-0.2, 0) is 11.2 Å². The van der Waals surface area contributed by atoms with E-state index in [-0.39, 0.29) is 11.8 Å². The van der Waals surface area contributed by atoms with E-state index in [4.69, 9.17) is 4.74 Å². The van der Waals surface area contributed by atoms with Gasteiger partial charge in [-0.15, -0.1) is 0 Å². The van der Waals surface area contributed by atoms with Gasteiger partial charge in [0.2, 0.25) is 5.91 Å². The summed E-state index contributed by atoms with van der Waals surface area (Å²) >= 11 is 0. The van der Waals surface area contributed by atoms with Gasteiger partial charge in [0.1, 0.15) is 5.75 Å². The number of carbonyl (C=O) groups excluding carboxylic acids is 2. The van der Waals surface area contributed by atoms with Crippen molar-refractivity contribution in [2.75, 3.05) is 24.6 Å². The van der Waals surface area contributed by atoms with Crippen LogP contribution in [0, 0.1) is 0 Å². The SMILES string of the molecule is CCCCCOc1cc(C(=O)N[C@@H](Cc2ccccc2)[C@H](O)CNC2CCCCC2)cc(N2CCCC2=O)c1. The van der Waals surface area contributed by atoms with Gasteiger partial charge in [-0.1, -0.05) is 69.4 Å². The topological polar surface area (TPSA) is 90.9 Å². The smallest absolute Gasteiger partial charge is 0.251 e. The second kappa shape index (κ2) is 15.0. The molecule has 3 N–H and O–H groups in total. The Morgan fingerprint density at radius 2 is 1.87 bits per heavy atom. The molecule has 1 saturated heterocycles. The lowest BCUT2D eigenvalue weighted by Crippen LogP contribution is -2.50. The van der Waals surface area contributed by atoms with Crippen LogP contribution in [0.25, 0.3) is 0 Å². The zero-order valence-corrected chi connectivity index (χ0v) is 23.4. The van der Waals surface area contributed by atoms with Gasteiger partial charge in [-0.05, 0) is 49.8 Å². The Morgan fingerprint density at radius 3 is 2.59 bits per heavy atom. The second-order valence-corrected chi connectivity index (χ2v) is 11.0. The molecule has 2 amide bonds. The number of ether oxygens (including phenoxy) is 1. The number of anilines is 1. The van der Waals surface area contributed by atoms with Crippen molar-refractivity contribution in [1.29, 1.82) is 0 Å². The average molecular weight is 536 g/mol. The van der Waals surface area contributed by atoms with E-state index in [1.54, 1.807) is 17.0 Å². The minimum absolute atomic E-state index is 0.0654. The monoisotopic (exact) mass is 535 g/mol. The Kier molecular flexibility index (Phi) is 11.2. The van der Waals surface area contributed by atoms with Crippen molar-refractivity contribution < 1.29 is 19.4 Å². The van der Waals surface area contributed by atoms with Crippen molar-refractivity contribution in [1.82, 2.24) is 10.6 Å². The van der Waals surface area contributed by atoms with Crippen LogP contribution in [-0.4, -0.2) is 54.8 Å². The number of aliphatic hydroxyl groups excluding tert-OH is 1. The fourth-order valence-corrected chi connectivity index (χ4v) is 5.56. The van der Waals surface area contributed by atoms with Crippen LogP contribution in [0.15, 0.2) is 48.5 Å². The first-order valence-corrected chi connectivity index (χ1v) is 14.9. The van der Waals surface area contributed by atoms with Crippen LogP contribution in [0.5, 0.6) is 5.75 Å². The fourth-order valence-electron chi connectivity index (χ4n) is 5.56. The van der Waals surface area contributed by atoms with Gasteiger partial charge in [-0.3, -0.25) is 9.59 Å². The summed E-state index contributed by atoms with van der Waals surface area (Å²) < 4.78 is 6.01. The number of benzene rings is 2. The van der Waals surface area contributed by atoms with Gasteiger partial charge in [0, 0.05) is 42.9 Å². The zero-order valence-electron chi connectivity index (χ0n) is 23.4. The summed E-state index contributed by atoms with van der Waals surface area (Å²) in [5.74, 6) is 0.378. The zero-order chi connectivity index (χ0) is 27.5. The maximum Gasteiger partial charge on any atom is 0.251 e. The third kappa shape index (κ3) is 8.80. The normalized spacial score (nSPS) is 17.7. The van der Waals surface area contributed by atoms with Gasteiger partial charge in [0.05, 0.1) is 18.8 Å². The van der Waals surface area contributed by atoms with Gasteiger partial charge in [0.15, 0.2) is 0 Å². The molecule has 2 aliphatic rings. The van der Waals surface area contributed by atoms with Gasteiger partial charge >= 0.3 is 0 Å². The van der Waals surface area contributed by atoms with E-state index in [0.717, 1.165) is 44.1 Å². The van der Waals surface area contributed by atoms with Crippen LogP contribution >= 0.6 is 0 Å². The molecule has 1 heterocycles. The highest BCUT2D eigenvalue weighted by Crippen LogP contribution is 2.28. The number of amides is 2. The summed E-state index contributed by atoms with van der Waals surface area (Å²) in [6, 6.07) is 15.3. The van der Waals surface area contributed by atoms with E-state index < -0.39 is 12.1 Å². The maximum absolute atomic E-state index is 13.6. The summed E-state index contributed by atoms with van der Waals surface area (Å²) in [5.41, 5.74) is 2.17. The fraction of sp³-hybridized carbons (Fsp3) is 0.562. The third-order valence-corrected chi connectivity index (χ3v) is 7.86. The predicted octanol–water partition coefficient (Wildman–Crippen LogP) is 5.01. The number of nitrogens with one attached hydrogen (secondary N) is 2. The Labute approximate surface area is 233 Å². The minimum Gasteiger partial charge on any atom is -0.493 e. The number of nitrogens with zero attached hydrogens (tertiary/aromatic N) is 1. The number of rotatable bonds is 14. The molecule has 1 saturated carbocycles. The van der Waals surface area contributed by atoms with E-state index in [9.17, 15) is 14.7 Å². The number of aliphatic hydroxyl groups is 1. The average Bonchev–Trinajstić information content (AvgIpc) is 3.40. The molecule has 1 aliphatic carbocycles. The van der Waals surface area contributed by atoms with E-state index in [1.165, 1.54) is 19.3 Å². The molecular weight excluding hydrogens is 490 g/mol. The van der Waals surface area contributed by atoms with Crippen molar-refractivity contribution in [3.8, 4) is 5.75 Å². The van der Waals surface area contributed by atoms with Gasteiger partial charge in [-0.25, -0.2) is 0 Å². The molecule has 0 spiro atoms. The lowest BCUT2D eigenvalue weighted by molar-refractivity contribution is -0.117. The molecular formula is C32H45N3O4. The van der Waals surface area contributed by atoms with Gasteiger partial charge in [0.25, 0.3) is 5.91 Å². The molecule has 7 nitrogen and oxygen atoms in total. The first-order chi connectivity index (χ1) is 19.0. The molecule has 2 aromatic rings. The molecule has 2 atom stereocenters. The number of hydrogen-bond donors (Lipinski definition) is 3. The Balaban J connectivity index is 1.50. The Bertz CT molecular complexity index is 1050. The molecule has 7 heteroatoms. The number of hydrogen-bond acceptors (Lipinski definition) is 5. The Morgan fingerprint density at radius 1 is 1.08 bits per heavy atom.